The Hall–Kier alpha value is -2.66. The van der Waals surface area contributed by atoms with Gasteiger partial charge in [-0.15, -0.1) is 0 Å². The maximum Gasteiger partial charge on any atom is 0.409 e. The molecule has 1 amide bonds. The summed E-state index contributed by atoms with van der Waals surface area (Å²) >= 11 is 0. The largest absolute Gasteiger partial charge is 0.450 e. The van der Waals surface area contributed by atoms with Crippen LogP contribution in [0.3, 0.4) is 0 Å². The molecule has 1 N–H and O–H groups in total. The quantitative estimate of drug-likeness (QED) is 0.661. The maximum absolute atomic E-state index is 12.7. The molecule has 2 aromatic rings. The molecule has 2 aromatic heterocycles. The maximum atomic E-state index is 12.7. The number of aliphatic hydroxyl groups excluding tert-OH is 1. The Kier molecular flexibility index (Phi) is 5.84. The van der Waals surface area contributed by atoms with E-state index < -0.39 is 17.4 Å². The normalized spacial score (nSPS) is 16.5. The molecule has 0 radical (unpaired) electrons. The Morgan fingerprint density at radius 2 is 1.89 bits per heavy atom. The van der Waals surface area contributed by atoms with E-state index in [0.29, 0.717) is 50.5 Å². The summed E-state index contributed by atoms with van der Waals surface area (Å²) in [6, 6.07) is 0. The minimum absolute atomic E-state index is 0.106. The molecule has 0 bridgehead atoms. The van der Waals surface area contributed by atoms with Crippen molar-refractivity contribution >= 4 is 17.3 Å². The standard InChI is InChI=1S/C17H26N6O5/c1-4-28-17(27)22-7-5-21(6-8-22)9-12(24)10-23-15(25)13-14(18-11-19(13)2)20(3)16(23)26/h11-12,24H,4-10H2,1-3H3/t12-/m1/s1. The van der Waals surface area contributed by atoms with E-state index in [1.54, 1.807) is 30.5 Å². The molecule has 0 spiro atoms. The van der Waals surface area contributed by atoms with E-state index in [-0.39, 0.29) is 12.6 Å². The van der Waals surface area contributed by atoms with Crippen molar-refractivity contribution in [3.63, 3.8) is 0 Å². The lowest BCUT2D eigenvalue weighted by molar-refractivity contribution is 0.0525. The zero-order valence-electron chi connectivity index (χ0n) is 16.4. The summed E-state index contributed by atoms with van der Waals surface area (Å²) in [5.41, 5.74) is -0.345. The number of rotatable bonds is 5. The Bertz CT molecular complexity index is 969. The number of piperazine rings is 1. The van der Waals surface area contributed by atoms with E-state index in [0.717, 1.165) is 4.57 Å². The van der Waals surface area contributed by atoms with E-state index in [1.165, 1.54) is 10.9 Å². The molecule has 28 heavy (non-hydrogen) atoms. The lowest BCUT2D eigenvalue weighted by atomic mass is 10.2. The number of carbonyl (C=O) groups excluding carboxylic acids is 1. The minimum atomic E-state index is -0.898. The molecule has 1 saturated heterocycles. The van der Waals surface area contributed by atoms with Crippen LogP contribution >= 0.6 is 0 Å². The van der Waals surface area contributed by atoms with Gasteiger partial charge in [-0.25, -0.2) is 14.6 Å². The van der Waals surface area contributed by atoms with Crippen molar-refractivity contribution in [3.8, 4) is 0 Å². The zero-order chi connectivity index (χ0) is 20.4. The lowest BCUT2D eigenvalue weighted by Gasteiger charge is -2.34. The number of aryl methyl sites for hydroxylation is 2. The monoisotopic (exact) mass is 394 g/mol. The van der Waals surface area contributed by atoms with Crippen LogP contribution in [0.2, 0.25) is 0 Å². The highest BCUT2D eigenvalue weighted by Gasteiger charge is 2.24. The van der Waals surface area contributed by atoms with Crippen LogP contribution in [-0.2, 0) is 25.4 Å². The summed E-state index contributed by atoms with van der Waals surface area (Å²) in [5, 5.41) is 10.5. The number of nitrogens with zero attached hydrogens (tertiary/aromatic N) is 6. The van der Waals surface area contributed by atoms with Gasteiger partial charge in [-0.05, 0) is 6.92 Å². The van der Waals surface area contributed by atoms with Gasteiger partial charge >= 0.3 is 11.8 Å². The number of carbonyl (C=O) groups is 1. The van der Waals surface area contributed by atoms with Gasteiger partial charge in [0.05, 0.1) is 25.6 Å². The first-order valence-electron chi connectivity index (χ1n) is 9.26. The number of β-amino-alcohol motifs (C(OH)–C–C–N with tert-alkyl or cyclic N) is 1. The van der Waals surface area contributed by atoms with Crippen LogP contribution in [0.25, 0.3) is 11.2 Å². The number of amides is 1. The zero-order valence-corrected chi connectivity index (χ0v) is 16.4. The van der Waals surface area contributed by atoms with Gasteiger partial charge in [0.1, 0.15) is 0 Å². The lowest BCUT2D eigenvalue weighted by Crippen LogP contribution is -2.51. The van der Waals surface area contributed by atoms with Gasteiger partial charge in [-0.3, -0.25) is 18.8 Å². The molecule has 1 fully saturated rings. The summed E-state index contributed by atoms with van der Waals surface area (Å²) < 4.78 is 8.91. The average molecular weight is 394 g/mol. The van der Waals surface area contributed by atoms with Crippen molar-refractivity contribution in [2.45, 2.75) is 19.6 Å². The smallest absolute Gasteiger partial charge is 0.409 e. The molecule has 1 aliphatic rings. The average Bonchev–Trinajstić information content (AvgIpc) is 3.06. The van der Waals surface area contributed by atoms with Gasteiger partial charge in [-0.2, -0.15) is 0 Å². The molecular weight excluding hydrogens is 368 g/mol. The third-order valence-corrected chi connectivity index (χ3v) is 4.96. The topological polar surface area (TPSA) is 115 Å². The predicted molar refractivity (Wildman–Crippen MR) is 101 cm³/mol. The fourth-order valence-electron chi connectivity index (χ4n) is 3.45. The number of aliphatic hydroxyl groups is 1. The Morgan fingerprint density at radius 1 is 1.21 bits per heavy atom. The van der Waals surface area contributed by atoms with E-state index in [2.05, 4.69) is 4.98 Å². The Morgan fingerprint density at radius 3 is 2.54 bits per heavy atom. The van der Waals surface area contributed by atoms with E-state index in [4.69, 9.17) is 4.74 Å². The molecule has 154 valence electrons. The summed E-state index contributed by atoms with van der Waals surface area (Å²) in [5.74, 6) is 0. The van der Waals surface area contributed by atoms with Crippen molar-refractivity contribution in [3.05, 3.63) is 27.2 Å². The van der Waals surface area contributed by atoms with Crippen molar-refractivity contribution in [2.75, 3.05) is 39.3 Å². The second-order valence-electron chi connectivity index (χ2n) is 6.93. The number of hydrogen-bond donors (Lipinski definition) is 1. The predicted octanol–water partition coefficient (Wildman–Crippen LogP) is -1.43. The first-order chi connectivity index (χ1) is 13.3. The second-order valence-corrected chi connectivity index (χ2v) is 6.93. The summed E-state index contributed by atoms with van der Waals surface area (Å²) in [4.78, 5) is 44.7. The second kappa shape index (κ2) is 8.15. The van der Waals surface area contributed by atoms with E-state index in [9.17, 15) is 19.5 Å². The molecule has 0 aliphatic carbocycles. The van der Waals surface area contributed by atoms with E-state index in [1.807, 2.05) is 4.90 Å². The molecule has 1 atom stereocenters. The minimum Gasteiger partial charge on any atom is -0.450 e. The number of imidazole rings is 1. The molecule has 3 rings (SSSR count). The van der Waals surface area contributed by atoms with Gasteiger partial charge in [0.2, 0.25) is 0 Å². The third-order valence-electron chi connectivity index (χ3n) is 4.96. The van der Waals surface area contributed by atoms with Crippen LogP contribution in [0, 0.1) is 0 Å². The van der Waals surface area contributed by atoms with Crippen LogP contribution in [0.5, 0.6) is 0 Å². The summed E-state index contributed by atoms with van der Waals surface area (Å²) in [7, 11) is 3.24. The molecule has 11 heteroatoms. The Labute approximate surface area is 161 Å². The van der Waals surface area contributed by atoms with E-state index >= 15 is 0 Å². The fourth-order valence-corrected chi connectivity index (χ4v) is 3.45. The van der Waals surface area contributed by atoms with Crippen LogP contribution in [-0.4, -0.2) is 85.1 Å². The van der Waals surface area contributed by atoms with Crippen molar-refractivity contribution in [1.82, 2.24) is 28.5 Å². The first-order valence-corrected chi connectivity index (χ1v) is 9.26. The van der Waals surface area contributed by atoms with Crippen LogP contribution in [0.15, 0.2) is 15.9 Å². The third kappa shape index (κ3) is 3.80. The van der Waals surface area contributed by atoms with Crippen LogP contribution < -0.4 is 11.2 Å². The highest BCUT2D eigenvalue weighted by molar-refractivity contribution is 5.69. The molecular formula is C17H26N6O5. The highest BCUT2D eigenvalue weighted by atomic mass is 16.6. The summed E-state index contributed by atoms with van der Waals surface area (Å²) in [6.07, 6.45) is 0.252. The first kappa shape index (κ1) is 20.1. The van der Waals surface area contributed by atoms with Gasteiger partial charge in [0.25, 0.3) is 5.56 Å². The summed E-state index contributed by atoms with van der Waals surface area (Å²) in [6.45, 7) is 4.48. The number of fused-ring (bicyclic) bond motifs is 1. The van der Waals surface area contributed by atoms with Crippen molar-refractivity contribution < 1.29 is 14.6 Å². The molecule has 0 aromatic carbocycles. The van der Waals surface area contributed by atoms with Crippen molar-refractivity contribution in [1.29, 1.82) is 0 Å². The molecule has 11 nitrogen and oxygen atoms in total. The van der Waals surface area contributed by atoms with Gasteiger partial charge in [0, 0.05) is 46.8 Å². The number of hydrogen-bond acceptors (Lipinski definition) is 7. The molecule has 1 aliphatic heterocycles. The van der Waals surface area contributed by atoms with Crippen LogP contribution in [0.1, 0.15) is 6.92 Å². The van der Waals surface area contributed by atoms with Crippen LogP contribution in [0.4, 0.5) is 4.79 Å². The molecule has 0 saturated carbocycles. The van der Waals surface area contributed by atoms with Crippen molar-refractivity contribution in [2.24, 2.45) is 14.1 Å². The van der Waals surface area contributed by atoms with Gasteiger partial charge in [0.15, 0.2) is 11.2 Å². The highest BCUT2D eigenvalue weighted by Crippen LogP contribution is 2.06. The Balaban J connectivity index is 1.67. The number of ether oxygens (including phenoxy) is 1. The molecule has 0 unspecified atom stereocenters. The SMILES string of the molecule is CCOC(=O)N1CCN(C[C@@H](O)Cn2c(=O)c3c(ncn3C)n(C)c2=O)CC1. The molecule has 3 heterocycles. The van der Waals surface area contributed by atoms with Gasteiger partial charge in [-0.1, -0.05) is 0 Å². The number of aromatic nitrogens is 4. The van der Waals surface area contributed by atoms with Gasteiger partial charge < -0.3 is 19.3 Å². The fraction of sp³-hybridized carbons (Fsp3) is 0.647.